The lowest BCUT2D eigenvalue weighted by molar-refractivity contribution is 0.0505. The fourth-order valence-corrected chi connectivity index (χ4v) is 5.12. The molecule has 3 aromatic rings. The van der Waals surface area contributed by atoms with Gasteiger partial charge in [-0.3, -0.25) is 14.3 Å². The zero-order chi connectivity index (χ0) is 24.1. The molecule has 0 aliphatic carbocycles. The number of nitrogens with one attached hydrogen (secondary N) is 2. The highest BCUT2D eigenvalue weighted by atomic mass is 32.2. The van der Waals surface area contributed by atoms with Crippen LogP contribution in [0.1, 0.15) is 58.7 Å². The van der Waals surface area contributed by atoms with Crippen LogP contribution in [0.3, 0.4) is 0 Å². The number of H-pyrrole nitrogens is 1. The van der Waals surface area contributed by atoms with Crippen LogP contribution in [0.4, 0.5) is 5.69 Å². The van der Waals surface area contributed by atoms with Gasteiger partial charge in [-0.15, -0.1) is 0 Å². The van der Waals surface area contributed by atoms with Crippen molar-refractivity contribution in [3.05, 3.63) is 62.7 Å². The Morgan fingerprint density at radius 1 is 1.21 bits per heavy atom. The smallest absolute Gasteiger partial charge is 0.277 e. The summed E-state index contributed by atoms with van der Waals surface area (Å²) in [6, 6.07) is 6.56. The number of hydrogen-bond donors (Lipinski definition) is 2. The zero-order valence-electron chi connectivity index (χ0n) is 19.5. The maximum absolute atomic E-state index is 13.8. The molecular weight excluding hydrogens is 442 g/mol. The average molecular weight is 472 g/mol. The number of aromatic nitrogens is 3. The van der Waals surface area contributed by atoms with Gasteiger partial charge in [-0.1, -0.05) is 18.6 Å². The standard InChI is InChI=1S/C23H29N5O4S/c1-13-8-9-18(26-33(5,31)32)17(11-13)23(30)27-10-6-7-14(2)21(27)19-12-20-24-16(4)15(3)22(29)28(20)25-19/h8-9,11-12,14,21,24,26H,6-7,10H2,1-5H3/t14-,21-/m1/s1. The number of sulfonamides is 1. The molecule has 0 saturated carbocycles. The van der Waals surface area contributed by atoms with Crippen LogP contribution in [0.25, 0.3) is 5.65 Å². The number of piperidine rings is 1. The number of nitrogens with zero attached hydrogens (tertiary/aromatic N) is 3. The second-order valence-electron chi connectivity index (χ2n) is 9.03. The van der Waals surface area contributed by atoms with Crippen molar-refractivity contribution in [2.24, 2.45) is 5.92 Å². The summed E-state index contributed by atoms with van der Waals surface area (Å²) < 4.78 is 27.6. The quantitative estimate of drug-likeness (QED) is 0.607. The van der Waals surface area contributed by atoms with Gasteiger partial charge in [-0.25, -0.2) is 8.42 Å². The summed E-state index contributed by atoms with van der Waals surface area (Å²) in [7, 11) is -3.56. The molecule has 1 aromatic carbocycles. The maximum Gasteiger partial charge on any atom is 0.277 e. The van der Waals surface area contributed by atoms with Crippen molar-refractivity contribution in [3.63, 3.8) is 0 Å². The fourth-order valence-electron chi connectivity index (χ4n) is 4.54. The minimum Gasteiger partial charge on any atom is -0.343 e. The summed E-state index contributed by atoms with van der Waals surface area (Å²) >= 11 is 0. The van der Waals surface area contributed by atoms with Gasteiger partial charge in [-0.2, -0.15) is 9.61 Å². The molecule has 1 aliphatic rings. The van der Waals surface area contributed by atoms with Crippen LogP contribution in [0, 0.1) is 26.7 Å². The number of likely N-dealkylation sites (tertiary alicyclic amines) is 1. The number of amides is 1. The molecule has 2 aromatic heterocycles. The summed E-state index contributed by atoms with van der Waals surface area (Å²) in [6.07, 6.45) is 2.80. The molecule has 2 N–H and O–H groups in total. The van der Waals surface area contributed by atoms with E-state index in [1.54, 1.807) is 30.0 Å². The predicted molar refractivity (Wildman–Crippen MR) is 127 cm³/mol. The fraction of sp³-hybridized carbons (Fsp3) is 0.435. The Morgan fingerprint density at radius 2 is 1.94 bits per heavy atom. The van der Waals surface area contributed by atoms with Gasteiger partial charge in [0.2, 0.25) is 10.0 Å². The Balaban J connectivity index is 1.80. The molecule has 3 heterocycles. The maximum atomic E-state index is 13.8. The number of rotatable bonds is 4. The molecule has 9 nitrogen and oxygen atoms in total. The molecule has 1 fully saturated rings. The van der Waals surface area contributed by atoms with Crippen LogP contribution >= 0.6 is 0 Å². The Hall–Kier alpha value is -3.14. The third kappa shape index (κ3) is 4.39. The summed E-state index contributed by atoms with van der Waals surface area (Å²) in [4.78, 5) is 31.4. The van der Waals surface area contributed by atoms with Crippen LogP contribution < -0.4 is 10.3 Å². The number of benzene rings is 1. The Labute approximate surface area is 192 Å². The van der Waals surface area contributed by atoms with Crippen molar-refractivity contribution in [1.82, 2.24) is 19.5 Å². The van der Waals surface area contributed by atoms with Crippen molar-refractivity contribution in [2.75, 3.05) is 17.5 Å². The van der Waals surface area contributed by atoms with E-state index in [2.05, 4.69) is 21.7 Å². The van der Waals surface area contributed by atoms with Crippen molar-refractivity contribution in [3.8, 4) is 0 Å². The number of aromatic amines is 1. The van der Waals surface area contributed by atoms with Gasteiger partial charge in [0, 0.05) is 23.9 Å². The molecule has 0 spiro atoms. The first-order valence-electron chi connectivity index (χ1n) is 10.9. The normalized spacial score (nSPS) is 19.1. The average Bonchev–Trinajstić information content (AvgIpc) is 3.15. The first kappa shape index (κ1) is 23.0. The first-order valence-corrected chi connectivity index (χ1v) is 12.8. The first-order chi connectivity index (χ1) is 15.5. The van der Waals surface area contributed by atoms with E-state index in [9.17, 15) is 18.0 Å². The molecule has 0 unspecified atom stereocenters. The van der Waals surface area contributed by atoms with Crippen molar-refractivity contribution >= 4 is 27.3 Å². The molecular formula is C23H29N5O4S. The van der Waals surface area contributed by atoms with Crippen LogP contribution in [0.5, 0.6) is 0 Å². The van der Waals surface area contributed by atoms with E-state index >= 15 is 0 Å². The monoisotopic (exact) mass is 471 g/mol. The van der Waals surface area contributed by atoms with E-state index in [-0.39, 0.29) is 29.1 Å². The second kappa shape index (κ2) is 8.33. The highest BCUT2D eigenvalue weighted by Crippen LogP contribution is 2.37. The van der Waals surface area contributed by atoms with E-state index in [1.165, 1.54) is 4.52 Å². The molecule has 0 radical (unpaired) electrons. The topological polar surface area (TPSA) is 117 Å². The predicted octanol–water partition coefficient (Wildman–Crippen LogP) is 2.93. The Bertz CT molecular complexity index is 1410. The van der Waals surface area contributed by atoms with Gasteiger partial charge in [0.1, 0.15) is 5.65 Å². The van der Waals surface area contributed by atoms with Gasteiger partial charge in [0.25, 0.3) is 11.5 Å². The molecule has 1 amide bonds. The number of fused-ring (bicyclic) bond motifs is 1. The van der Waals surface area contributed by atoms with Crippen molar-refractivity contribution in [2.45, 2.75) is 46.6 Å². The van der Waals surface area contributed by atoms with Crippen LogP contribution in [-0.2, 0) is 10.0 Å². The van der Waals surface area contributed by atoms with Gasteiger partial charge in [-0.05, 0) is 51.7 Å². The molecule has 1 aliphatic heterocycles. The lowest BCUT2D eigenvalue weighted by Gasteiger charge is -2.39. The van der Waals surface area contributed by atoms with Gasteiger partial charge >= 0.3 is 0 Å². The van der Waals surface area contributed by atoms with Gasteiger partial charge in [0.05, 0.1) is 29.2 Å². The highest BCUT2D eigenvalue weighted by Gasteiger charge is 2.36. The summed E-state index contributed by atoms with van der Waals surface area (Å²) in [5.41, 5.74) is 3.80. The molecule has 4 rings (SSSR count). The molecule has 10 heteroatoms. The van der Waals surface area contributed by atoms with Crippen molar-refractivity contribution in [1.29, 1.82) is 0 Å². The van der Waals surface area contributed by atoms with Crippen LogP contribution in [0.15, 0.2) is 29.1 Å². The van der Waals surface area contributed by atoms with E-state index < -0.39 is 10.0 Å². The Morgan fingerprint density at radius 3 is 2.64 bits per heavy atom. The molecule has 1 saturated heterocycles. The second-order valence-corrected chi connectivity index (χ2v) is 10.8. The van der Waals surface area contributed by atoms with E-state index in [1.807, 2.05) is 19.9 Å². The third-order valence-electron chi connectivity index (χ3n) is 6.32. The molecule has 176 valence electrons. The third-order valence-corrected chi connectivity index (χ3v) is 6.91. The summed E-state index contributed by atoms with van der Waals surface area (Å²) in [6.45, 7) is 8.03. The van der Waals surface area contributed by atoms with Gasteiger partial charge < -0.3 is 9.88 Å². The van der Waals surface area contributed by atoms with Crippen LogP contribution in [0.2, 0.25) is 0 Å². The summed E-state index contributed by atoms with van der Waals surface area (Å²) in [5.74, 6) is -0.154. The number of anilines is 1. The highest BCUT2D eigenvalue weighted by molar-refractivity contribution is 7.92. The van der Waals surface area contributed by atoms with E-state index in [4.69, 9.17) is 0 Å². The van der Waals surface area contributed by atoms with Crippen LogP contribution in [-0.4, -0.2) is 46.6 Å². The Kier molecular flexibility index (Phi) is 5.81. The molecule has 2 atom stereocenters. The number of aryl methyl sites for hydroxylation is 2. The lowest BCUT2D eigenvalue weighted by Crippen LogP contribution is -2.42. The SMILES string of the molecule is Cc1ccc(NS(C)(=O)=O)c(C(=O)N2CCC[C@@H](C)[C@@H]2c2cc3[nH]c(C)c(C)c(=O)n3n2)c1. The lowest BCUT2D eigenvalue weighted by atomic mass is 9.88. The van der Waals surface area contributed by atoms with Gasteiger partial charge in [0.15, 0.2) is 0 Å². The number of hydrogen-bond acceptors (Lipinski definition) is 5. The van der Waals surface area contributed by atoms with E-state index in [0.29, 0.717) is 29.0 Å². The largest absolute Gasteiger partial charge is 0.343 e. The minimum atomic E-state index is -3.56. The minimum absolute atomic E-state index is 0.112. The van der Waals surface area contributed by atoms with Crippen molar-refractivity contribution < 1.29 is 13.2 Å². The summed E-state index contributed by atoms with van der Waals surface area (Å²) in [5, 5.41) is 4.58. The zero-order valence-corrected chi connectivity index (χ0v) is 20.3. The molecule has 33 heavy (non-hydrogen) atoms. The number of carbonyl (C=O) groups is 1. The van der Waals surface area contributed by atoms with E-state index in [0.717, 1.165) is 30.4 Å². The number of carbonyl (C=O) groups excluding carboxylic acids is 1. The molecule has 0 bridgehead atoms.